The average Bonchev–Trinajstić information content (AvgIpc) is 2.22. The van der Waals surface area contributed by atoms with Crippen molar-refractivity contribution >= 4 is 16.7 Å². The summed E-state index contributed by atoms with van der Waals surface area (Å²) in [6, 6.07) is 3.11. The molecule has 0 bridgehead atoms. The topological polar surface area (TPSA) is 51.8 Å². The van der Waals surface area contributed by atoms with Crippen molar-refractivity contribution in [2.75, 3.05) is 5.73 Å². The van der Waals surface area contributed by atoms with Gasteiger partial charge in [-0.25, -0.2) is 14.4 Å². The van der Waals surface area contributed by atoms with Crippen LogP contribution in [-0.4, -0.2) is 9.97 Å². The zero-order valence-electron chi connectivity index (χ0n) is 9.42. The third kappa shape index (κ3) is 1.83. The largest absolute Gasteiger partial charge is 0.383 e. The van der Waals surface area contributed by atoms with Gasteiger partial charge in [0.2, 0.25) is 0 Å². The Labute approximate surface area is 93.5 Å². The van der Waals surface area contributed by atoms with Gasteiger partial charge in [-0.3, -0.25) is 0 Å². The third-order valence-corrected chi connectivity index (χ3v) is 2.53. The van der Waals surface area contributed by atoms with Crippen molar-refractivity contribution in [3.8, 4) is 0 Å². The molecule has 4 heteroatoms. The summed E-state index contributed by atoms with van der Waals surface area (Å²) in [6.45, 7) is 3.74. The van der Waals surface area contributed by atoms with E-state index < -0.39 is 0 Å². The third-order valence-electron chi connectivity index (χ3n) is 2.53. The van der Waals surface area contributed by atoms with Gasteiger partial charge in [-0.2, -0.15) is 0 Å². The molecule has 0 radical (unpaired) electrons. The molecule has 2 aromatic rings. The van der Waals surface area contributed by atoms with E-state index in [9.17, 15) is 4.39 Å². The van der Waals surface area contributed by atoms with Crippen molar-refractivity contribution in [2.24, 2.45) is 0 Å². The molecule has 0 saturated heterocycles. The van der Waals surface area contributed by atoms with Crippen molar-refractivity contribution in [3.05, 3.63) is 29.3 Å². The second-order valence-corrected chi connectivity index (χ2v) is 3.89. The molecule has 2 rings (SSSR count). The van der Waals surface area contributed by atoms with Crippen LogP contribution in [-0.2, 0) is 6.42 Å². The lowest BCUT2D eigenvalue weighted by molar-refractivity contribution is 0.620. The normalized spacial score (nSPS) is 10.9. The summed E-state index contributed by atoms with van der Waals surface area (Å²) in [7, 11) is 0. The molecule has 0 spiro atoms. The number of aryl methyl sites for hydroxylation is 2. The molecule has 3 nitrogen and oxygen atoms in total. The molecular weight excluding hydrogens is 205 g/mol. The molecule has 1 aromatic heterocycles. The molecule has 0 saturated carbocycles. The molecule has 0 amide bonds. The van der Waals surface area contributed by atoms with Crippen molar-refractivity contribution < 1.29 is 4.39 Å². The molecule has 0 atom stereocenters. The molecular formula is C12H14FN3. The van der Waals surface area contributed by atoms with Crippen molar-refractivity contribution in [1.29, 1.82) is 0 Å². The number of nitrogens with two attached hydrogens (primary N) is 1. The molecule has 0 aliphatic rings. The first kappa shape index (κ1) is 10.8. The van der Waals surface area contributed by atoms with E-state index in [1.54, 1.807) is 13.0 Å². The molecule has 0 unspecified atom stereocenters. The van der Waals surface area contributed by atoms with E-state index in [0.717, 1.165) is 18.2 Å². The predicted molar refractivity (Wildman–Crippen MR) is 62.6 cm³/mol. The van der Waals surface area contributed by atoms with Crippen LogP contribution in [0.25, 0.3) is 10.9 Å². The van der Waals surface area contributed by atoms with E-state index in [2.05, 4.69) is 9.97 Å². The second kappa shape index (κ2) is 4.04. The number of rotatable bonds is 2. The zero-order valence-corrected chi connectivity index (χ0v) is 9.42. The lowest BCUT2D eigenvalue weighted by atomic mass is 10.1. The quantitative estimate of drug-likeness (QED) is 0.844. The number of halogens is 1. The average molecular weight is 219 g/mol. The molecule has 0 aliphatic carbocycles. The van der Waals surface area contributed by atoms with E-state index in [1.807, 2.05) is 6.92 Å². The molecule has 1 heterocycles. The van der Waals surface area contributed by atoms with Gasteiger partial charge in [0.05, 0.1) is 5.52 Å². The van der Waals surface area contributed by atoms with Gasteiger partial charge < -0.3 is 5.73 Å². The van der Waals surface area contributed by atoms with Gasteiger partial charge in [-0.15, -0.1) is 0 Å². The summed E-state index contributed by atoms with van der Waals surface area (Å²) in [4.78, 5) is 8.50. The first-order valence-corrected chi connectivity index (χ1v) is 5.34. The highest BCUT2D eigenvalue weighted by molar-refractivity contribution is 5.88. The van der Waals surface area contributed by atoms with Gasteiger partial charge in [0.25, 0.3) is 0 Å². The van der Waals surface area contributed by atoms with Gasteiger partial charge in [0.1, 0.15) is 17.5 Å². The molecule has 84 valence electrons. The summed E-state index contributed by atoms with van der Waals surface area (Å²) < 4.78 is 13.4. The summed E-state index contributed by atoms with van der Waals surface area (Å²) in [5.41, 5.74) is 6.98. The fraction of sp³-hybridized carbons (Fsp3) is 0.333. The number of fused-ring (bicyclic) bond motifs is 1. The minimum atomic E-state index is -0.256. The van der Waals surface area contributed by atoms with Crippen LogP contribution in [0.1, 0.15) is 24.7 Å². The van der Waals surface area contributed by atoms with Crippen LogP contribution in [0.15, 0.2) is 12.1 Å². The van der Waals surface area contributed by atoms with E-state index in [-0.39, 0.29) is 5.82 Å². The van der Waals surface area contributed by atoms with E-state index >= 15 is 0 Å². The maximum absolute atomic E-state index is 13.4. The number of aromatic nitrogens is 2. The Hall–Kier alpha value is -1.71. The number of hydrogen-bond donors (Lipinski definition) is 1. The molecule has 0 fully saturated rings. The summed E-state index contributed by atoms with van der Waals surface area (Å²) in [5, 5.41) is 0.721. The van der Waals surface area contributed by atoms with Crippen LogP contribution in [0.2, 0.25) is 0 Å². The molecule has 2 N–H and O–H groups in total. The second-order valence-electron chi connectivity index (χ2n) is 3.89. The van der Waals surface area contributed by atoms with Crippen molar-refractivity contribution in [1.82, 2.24) is 9.97 Å². The number of nitrogen functional groups attached to an aromatic ring is 1. The van der Waals surface area contributed by atoms with E-state index in [0.29, 0.717) is 22.7 Å². The zero-order chi connectivity index (χ0) is 11.7. The van der Waals surface area contributed by atoms with Crippen LogP contribution >= 0.6 is 0 Å². The van der Waals surface area contributed by atoms with Crippen LogP contribution in [0.4, 0.5) is 10.2 Å². The minimum absolute atomic E-state index is 0.256. The minimum Gasteiger partial charge on any atom is -0.383 e. The number of anilines is 1. The van der Waals surface area contributed by atoms with Gasteiger partial charge in [-0.05, 0) is 25.0 Å². The molecule has 16 heavy (non-hydrogen) atoms. The lowest BCUT2D eigenvalue weighted by Gasteiger charge is -2.06. The Morgan fingerprint density at radius 3 is 2.75 bits per heavy atom. The Balaban J connectivity index is 2.67. The van der Waals surface area contributed by atoms with Gasteiger partial charge in [-0.1, -0.05) is 6.92 Å². The van der Waals surface area contributed by atoms with E-state index in [1.165, 1.54) is 6.07 Å². The van der Waals surface area contributed by atoms with Gasteiger partial charge >= 0.3 is 0 Å². The number of benzene rings is 1. The number of nitrogens with zero attached hydrogens (tertiary/aromatic N) is 2. The summed E-state index contributed by atoms with van der Waals surface area (Å²) >= 11 is 0. The Kier molecular flexibility index (Phi) is 2.73. The number of hydrogen-bond acceptors (Lipinski definition) is 3. The SMILES string of the molecule is CCCc1nc(N)c2cc(C)c(F)cc2n1. The Morgan fingerprint density at radius 1 is 1.31 bits per heavy atom. The first-order chi connectivity index (χ1) is 7.61. The maximum atomic E-state index is 13.4. The summed E-state index contributed by atoms with van der Waals surface area (Å²) in [6.07, 6.45) is 1.70. The standard InChI is InChI=1S/C12H14FN3/c1-3-4-11-15-10-6-9(13)7(2)5-8(10)12(14)16-11/h5-6H,3-4H2,1-2H3,(H2,14,15,16). The van der Waals surface area contributed by atoms with Crippen molar-refractivity contribution in [2.45, 2.75) is 26.7 Å². The monoisotopic (exact) mass is 219 g/mol. The highest BCUT2D eigenvalue weighted by atomic mass is 19.1. The van der Waals surface area contributed by atoms with Gasteiger partial charge in [0.15, 0.2) is 0 Å². The first-order valence-electron chi connectivity index (χ1n) is 5.34. The van der Waals surface area contributed by atoms with Crippen LogP contribution in [0.3, 0.4) is 0 Å². The van der Waals surface area contributed by atoms with Crippen LogP contribution in [0, 0.1) is 12.7 Å². The highest BCUT2D eigenvalue weighted by Gasteiger charge is 2.07. The Bertz CT molecular complexity index is 537. The fourth-order valence-corrected chi connectivity index (χ4v) is 1.67. The molecule has 0 aliphatic heterocycles. The lowest BCUT2D eigenvalue weighted by Crippen LogP contribution is -2.01. The smallest absolute Gasteiger partial charge is 0.135 e. The van der Waals surface area contributed by atoms with Crippen molar-refractivity contribution in [3.63, 3.8) is 0 Å². The summed E-state index contributed by atoms with van der Waals surface area (Å²) in [5.74, 6) is 0.848. The molecule has 1 aromatic carbocycles. The van der Waals surface area contributed by atoms with Crippen LogP contribution in [0.5, 0.6) is 0 Å². The fourth-order valence-electron chi connectivity index (χ4n) is 1.67. The van der Waals surface area contributed by atoms with E-state index in [4.69, 9.17) is 5.73 Å². The predicted octanol–water partition coefficient (Wildman–Crippen LogP) is 2.61. The highest BCUT2D eigenvalue weighted by Crippen LogP contribution is 2.21. The Morgan fingerprint density at radius 2 is 2.06 bits per heavy atom. The maximum Gasteiger partial charge on any atom is 0.135 e. The van der Waals surface area contributed by atoms with Gasteiger partial charge in [0, 0.05) is 17.9 Å². The van der Waals surface area contributed by atoms with Crippen LogP contribution < -0.4 is 5.73 Å².